The molecule has 1 aliphatic carbocycles. The van der Waals surface area contributed by atoms with Gasteiger partial charge < -0.3 is 9.88 Å². The number of benzene rings is 1. The van der Waals surface area contributed by atoms with Gasteiger partial charge in [-0.1, -0.05) is 36.8 Å². The summed E-state index contributed by atoms with van der Waals surface area (Å²) in [7, 11) is 1.82. The molecule has 1 aromatic heterocycles. The molecule has 3 heteroatoms. The van der Waals surface area contributed by atoms with E-state index in [2.05, 4.69) is 29.6 Å². The molecule has 0 aliphatic heterocycles. The molecule has 1 fully saturated rings. The number of rotatable bonds is 5. The van der Waals surface area contributed by atoms with Crippen molar-refractivity contribution in [2.45, 2.75) is 45.2 Å². The summed E-state index contributed by atoms with van der Waals surface area (Å²) in [4.78, 5) is 12.1. The molecule has 116 valence electrons. The van der Waals surface area contributed by atoms with Gasteiger partial charge in [0, 0.05) is 31.4 Å². The largest absolute Gasteiger partial charge is 0.316 e. The zero-order valence-electron chi connectivity index (χ0n) is 13.4. The van der Waals surface area contributed by atoms with Crippen LogP contribution < -0.4 is 10.9 Å². The Hall–Kier alpha value is -1.87. The summed E-state index contributed by atoms with van der Waals surface area (Å²) in [6.07, 6.45) is 4.06. The van der Waals surface area contributed by atoms with Crippen molar-refractivity contribution in [2.24, 2.45) is 7.05 Å². The Kier molecular flexibility index (Phi) is 4.44. The molecule has 0 radical (unpaired) electrons. The zero-order valence-corrected chi connectivity index (χ0v) is 13.4. The van der Waals surface area contributed by atoms with E-state index in [0.717, 1.165) is 23.7 Å². The first-order chi connectivity index (χ1) is 10.6. The highest BCUT2D eigenvalue weighted by Gasteiger charge is 2.18. The summed E-state index contributed by atoms with van der Waals surface area (Å²) in [5.41, 5.74) is 4.64. The number of hydrogen-bond donors (Lipinski definition) is 1. The van der Waals surface area contributed by atoms with Crippen LogP contribution in [-0.2, 0) is 20.1 Å². The SMILES string of the molecule is Cc1ccc(CNCc2ccc(C3CCC3)cc2)c(=O)n1C. The molecule has 0 saturated heterocycles. The van der Waals surface area contributed by atoms with Gasteiger partial charge in [0.15, 0.2) is 0 Å². The van der Waals surface area contributed by atoms with E-state index in [9.17, 15) is 4.79 Å². The van der Waals surface area contributed by atoms with E-state index < -0.39 is 0 Å². The first-order valence-electron chi connectivity index (χ1n) is 8.10. The minimum Gasteiger partial charge on any atom is -0.316 e. The lowest BCUT2D eigenvalue weighted by molar-refractivity contribution is 0.419. The number of pyridine rings is 1. The Labute approximate surface area is 132 Å². The maximum absolute atomic E-state index is 12.1. The molecule has 1 heterocycles. The van der Waals surface area contributed by atoms with Crippen molar-refractivity contribution in [3.05, 3.63) is 69.1 Å². The van der Waals surface area contributed by atoms with Gasteiger partial charge in [0.05, 0.1) is 0 Å². The van der Waals surface area contributed by atoms with Gasteiger partial charge in [-0.3, -0.25) is 4.79 Å². The number of hydrogen-bond acceptors (Lipinski definition) is 2. The minimum absolute atomic E-state index is 0.0906. The van der Waals surface area contributed by atoms with Crippen molar-refractivity contribution in [1.29, 1.82) is 0 Å². The second kappa shape index (κ2) is 6.49. The number of nitrogens with one attached hydrogen (secondary N) is 1. The summed E-state index contributed by atoms with van der Waals surface area (Å²) in [5, 5.41) is 3.37. The van der Waals surface area contributed by atoms with E-state index in [1.165, 1.54) is 30.4 Å². The van der Waals surface area contributed by atoms with Crippen LogP contribution in [0.25, 0.3) is 0 Å². The fraction of sp³-hybridized carbons (Fsp3) is 0.421. The molecular formula is C19H24N2O. The Morgan fingerprint density at radius 1 is 1.09 bits per heavy atom. The molecular weight excluding hydrogens is 272 g/mol. The topological polar surface area (TPSA) is 34.0 Å². The van der Waals surface area contributed by atoms with E-state index in [1.54, 1.807) is 4.57 Å². The van der Waals surface area contributed by atoms with Crippen LogP contribution in [0.4, 0.5) is 0 Å². The van der Waals surface area contributed by atoms with E-state index in [4.69, 9.17) is 0 Å². The molecule has 0 amide bonds. The third-order valence-electron chi connectivity index (χ3n) is 4.83. The Morgan fingerprint density at radius 3 is 2.45 bits per heavy atom. The average Bonchev–Trinajstić information content (AvgIpc) is 2.47. The lowest BCUT2D eigenvalue weighted by atomic mass is 9.80. The number of nitrogens with zero attached hydrogens (tertiary/aromatic N) is 1. The van der Waals surface area contributed by atoms with Gasteiger partial charge in [-0.25, -0.2) is 0 Å². The molecule has 3 nitrogen and oxygen atoms in total. The quantitative estimate of drug-likeness (QED) is 0.919. The molecule has 1 aromatic carbocycles. The smallest absolute Gasteiger partial charge is 0.254 e. The van der Waals surface area contributed by atoms with Crippen molar-refractivity contribution in [2.75, 3.05) is 0 Å². The number of aryl methyl sites for hydroxylation is 1. The molecule has 1 saturated carbocycles. The highest BCUT2D eigenvalue weighted by atomic mass is 16.1. The van der Waals surface area contributed by atoms with Gasteiger partial charge in [-0.15, -0.1) is 0 Å². The zero-order chi connectivity index (χ0) is 15.5. The summed E-state index contributed by atoms with van der Waals surface area (Å²) in [5.74, 6) is 0.789. The van der Waals surface area contributed by atoms with Crippen molar-refractivity contribution in [3.63, 3.8) is 0 Å². The molecule has 2 aromatic rings. The van der Waals surface area contributed by atoms with Gasteiger partial charge >= 0.3 is 0 Å². The Bertz CT molecular complexity index is 696. The fourth-order valence-corrected chi connectivity index (χ4v) is 2.91. The van der Waals surface area contributed by atoms with Gasteiger partial charge in [0.2, 0.25) is 0 Å². The van der Waals surface area contributed by atoms with Crippen LogP contribution in [0.3, 0.4) is 0 Å². The van der Waals surface area contributed by atoms with E-state index in [-0.39, 0.29) is 5.56 Å². The van der Waals surface area contributed by atoms with Crippen LogP contribution in [0.1, 0.15) is 47.6 Å². The summed E-state index contributed by atoms with van der Waals surface area (Å²) in [6, 6.07) is 12.8. The first kappa shape index (κ1) is 15.0. The highest BCUT2D eigenvalue weighted by molar-refractivity contribution is 5.26. The second-order valence-electron chi connectivity index (χ2n) is 6.34. The number of aromatic nitrogens is 1. The molecule has 22 heavy (non-hydrogen) atoms. The molecule has 0 atom stereocenters. The van der Waals surface area contributed by atoms with Crippen LogP contribution >= 0.6 is 0 Å². The Morgan fingerprint density at radius 2 is 1.82 bits per heavy atom. The predicted molar refractivity (Wildman–Crippen MR) is 90.0 cm³/mol. The molecule has 0 unspecified atom stereocenters. The normalized spacial score (nSPS) is 14.8. The average molecular weight is 296 g/mol. The van der Waals surface area contributed by atoms with Crippen molar-refractivity contribution < 1.29 is 0 Å². The van der Waals surface area contributed by atoms with E-state index in [1.807, 2.05) is 26.1 Å². The maximum Gasteiger partial charge on any atom is 0.254 e. The second-order valence-corrected chi connectivity index (χ2v) is 6.34. The van der Waals surface area contributed by atoms with Crippen LogP contribution in [-0.4, -0.2) is 4.57 Å². The summed E-state index contributed by atoms with van der Waals surface area (Å²) >= 11 is 0. The van der Waals surface area contributed by atoms with Crippen molar-refractivity contribution in [1.82, 2.24) is 9.88 Å². The van der Waals surface area contributed by atoms with Crippen LogP contribution in [0.5, 0.6) is 0 Å². The minimum atomic E-state index is 0.0906. The van der Waals surface area contributed by atoms with E-state index in [0.29, 0.717) is 6.54 Å². The van der Waals surface area contributed by atoms with Crippen molar-refractivity contribution >= 4 is 0 Å². The lowest BCUT2D eigenvalue weighted by Gasteiger charge is -2.25. The standard InChI is InChI=1S/C19H24N2O/c1-14-6-9-18(19(22)21(14)2)13-20-12-15-7-10-17(11-8-15)16-4-3-5-16/h6-11,16,20H,3-5,12-13H2,1-2H3. The summed E-state index contributed by atoms with van der Waals surface area (Å²) in [6.45, 7) is 3.35. The molecule has 1 aliphatic rings. The van der Waals surface area contributed by atoms with Gasteiger partial charge in [-0.05, 0) is 42.9 Å². The third kappa shape index (κ3) is 3.14. The van der Waals surface area contributed by atoms with Crippen LogP contribution in [0.2, 0.25) is 0 Å². The molecule has 0 bridgehead atoms. The monoisotopic (exact) mass is 296 g/mol. The van der Waals surface area contributed by atoms with E-state index >= 15 is 0 Å². The molecule has 0 spiro atoms. The first-order valence-corrected chi connectivity index (χ1v) is 8.10. The third-order valence-corrected chi connectivity index (χ3v) is 4.83. The predicted octanol–water partition coefficient (Wildman–Crippen LogP) is 3.25. The maximum atomic E-state index is 12.1. The summed E-state index contributed by atoms with van der Waals surface area (Å²) < 4.78 is 1.70. The van der Waals surface area contributed by atoms with Crippen LogP contribution in [0.15, 0.2) is 41.2 Å². The molecule has 1 N–H and O–H groups in total. The van der Waals surface area contributed by atoms with Crippen molar-refractivity contribution in [3.8, 4) is 0 Å². The van der Waals surface area contributed by atoms with Crippen LogP contribution in [0, 0.1) is 6.92 Å². The lowest BCUT2D eigenvalue weighted by Crippen LogP contribution is -2.26. The molecule has 3 rings (SSSR count). The van der Waals surface area contributed by atoms with Gasteiger partial charge in [0.1, 0.15) is 0 Å². The Balaban J connectivity index is 1.56. The highest BCUT2D eigenvalue weighted by Crippen LogP contribution is 2.36. The van der Waals surface area contributed by atoms with Gasteiger partial charge in [0.25, 0.3) is 5.56 Å². The van der Waals surface area contributed by atoms with Gasteiger partial charge in [-0.2, -0.15) is 0 Å². The fourth-order valence-electron chi connectivity index (χ4n) is 2.91.